The number of ether oxygens (including phenoxy) is 3. The van der Waals surface area contributed by atoms with E-state index in [4.69, 9.17) is 40.2 Å². The summed E-state index contributed by atoms with van der Waals surface area (Å²) < 4.78 is 17.0. The van der Waals surface area contributed by atoms with Crippen molar-refractivity contribution in [2.24, 2.45) is 31.8 Å². The number of rotatable bonds is 73. The van der Waals surface area contributed by atoms with Gasteiger partial charge in [-0.3, -0.25) is 33.6 Å². The van der Waals surface area contributed by atoms with Crippen LogP contribution in [-0.4, -0.2) is 177 Å². The van der Waals surface area contributed by atoms with Crippen LogP contribution in [0.1, 0.15) is 258 Å². The van der Waals surface area contributed by atoms with Gasteiger partial charge in [0.2, 0.25) is 41.4 Å². The van der Waals surface area contributed by atoms with Gasteiger partial charge in [-0.15, -0.1) is 0 Å². The SMILES string of the molecule is CCCCCCCCCCCCOCC/C=N/NOCC(=O)NCCNC(=O)CC[C@H](N=C(N)N)C(=O)N[C@@H](CCC(=O)NCCNC(=O)CON/N=C/CCOCCCCCCCCCCCC)C(=O)NCCNC(=O)CON/N=C/CCOCCCCCCCCCCCC. The number of carbonyl (C=O) groups excluding carboxylic acids is 7. The third kappa shape index (κ3) is 68.1. The minimum Gasteiger partial charge on any atom is -0.381 e. The minimum absolute atomic E-state index is 0.0185. The summed E-state index contributed by atoms with van der Waals surface area (Å²) in [6.45, 7) is 9.49. The number of nitrogens with two attached hydrogens (primary N) is 2. The Morgan fingerprint density at radius 3 is 0.959 bits per heavy atom. The maximum Gasteiger partial charge on any atom is 0.248 e. The summed E-state index contributed by atoms with van der Waals surface area (Å²) in [4.78, 5) is 109. The van der Waals surface area contributed by atoms with Crippen molar-refractivity contribution in [3.8, 4) is 0 Å². The van der Waals surface area contributed by atoms with Gasteiger partial charge >= 0.3 is 0 Å². The molecule has 0 aromatic carbocycles. The van der Waals surface area contributed by atoms with E-state index in [0.29, 0.717) is 58.9 Å². The van der Waals surface area contributed by atoms with Crippen molar-refractivity contribution in [3.63, 3.8) is 0 Å². The third-order valence-corrected chi connectivity index (χ3v) is 15.2. The molecule has 0 unspecified atom stereocenters. The maximum atomic E-state index is 13.7. The van der Waals surface area contributed by atoms with Gasteiger partial charge in [-0.2, -0.15) is 32.1 Å². The Hall–Kier alpha value is -6.27. The standard InChI is InChI=1S/C68H132N16O13/c1-4-7-10-13-16-19-22-25-28-31-50-92-53-34-41-77-82-95-56-63(87)73-46-44-71-61(85)39-37-59(66(90)76-49-48-75-65(89)58-97-84-79-43-36-55-94-52-33-30-27-24-21-18-15-12-9-6-3)80-67(91)60(81-68(69)70)38-40-62(86)72-45-47-74-64(88)57-96-83-78-42-35-54-93-51-32-29-26-23-20-17-14-11-8-5-2/h41-43,59-60,82-84H,4-40,44-58H2,1-3H3,(H,71,85)(H,72,86)(H,73,87)(H,74,88)(H,75,89)(H,76,90)(H,80,91)(H4,69,70,81)/b77-41+,78-42+,79-43+/t59-,60-/m0/s1. The van der Waals surface area contributed by atoms with Crippen molar-refractivity contribution >= 4 is 66.0 Å². The molecule has 2 atom stereocenters. The second kappa shape index (κ2) is 72.5. The summed E-state index contributed by atoms with van der Waals surface area (Å²) in [5, 5.41) is 30.1. The van der Waals surface area contributed by atoms with Gasteiger partial charge in [0.15, 0.2) is 25.8 Å². The molecule has 0 saturated carbocycles. The molecule has 0 spiro atoms. The molecule has 0 bridgehead atoms. The Balaban J connectivity index is 4.94. The van der Waals surface area contributed by atoms with E-state index in [0.717, 1.165) is 25.7 Å². The van der Waals surface area contributed by atoms with Crippen molar-refractivity contribution in [1.82, 2.24) is 54.0 Å². The van der Waals surface area contributed by atoms with Gasteiger partial charge in [0.05, 0.1) is 19.8 Å². The number of unbranched alkanes of at least 4 members (excludes halogenated alkanes) is 27. The second-order valence-electron chi connectivity index (χ2n) is 24.1. The van der Waals surface area contributed by atoms with Gasteiger partial charge in [-0.05, 0) is 32.1 Å². The highest BCUT2D eigenvalue weighted by molar-refractivity contribution is 5.92. The molecule has 0 radical (unpaired) electrons. The average Bonchev–Trinajstić information content (AvgIpc) is 1.39. The van der Waals surface area contributed by atoms with Gasteiger partial charge in [0.1, 0.15) is 12.1 Å². The van der Waals surface area contributed by atoms with E-state index in [-0.39, 0.29) is 84.8 Å². The van der Waals surface area contributed by atoms with Gasteiger partial charge in [0.25, 0.3) is 0 Å². The number of hydrazone groups is 3. The van der Waals surface area contributed by atoms with Crippen LogP contribution in [0.3, 0.4) is 0 Å². The molecule has 0 heterocycles. The lowest BCUT2D eigenvalue weighted by molar-refractivity contribution is -0.131. The quantitative estimate of drug-likeness (QED) is 0.0128. The van der Waals surface area contributed by atoms with E-state index in [9.17, 15) is 33.6 Å². The fraction of sp³-hybridized carbons (Fsp3) is 0.838. The van der Waals surface area contributed by atoms with Crippen LogP contribution in [0.5, 0.6) is 0 Å². The topological polar surface area (TPSA) is 397 Å². The zero-order valence-electron chi connectivity index (χ0n) is 59.9. The Bertz CT molecular complexity index is 2040. The van der Waals surface area contributed by atoms with E-state index in [1.54, 1.807) is 18.6 Å². The molecule has 14 N–H and O–H groups in total. The summed E-state index contributed by atoms with van der Waals surface area (Å²) in [6, 6.07) is -2.63. The number of nitrogens with zero attached hydrogens (tertiary/aromatic N) is 4. The van der Waals surface area contributed by atoms with Crippen LogP contribution in [0.15, 0.2) is 20.3 Å². The van der Waals surface area contributed by atoms with Crippen LogP contribution < -0.4 is 65.5 Å². The molecule has 0 aliphatic heterocycles. The molecule has 0 fully saturated rings. The number of carbonyl (C=O) groups is 7. The molecule has 97 heavy (non-hydrogen) atoms. The number of amides is 7. The lowest BCUT2D eigenvalue weighted by atomic mass is 10.1. The Morgan fingerprint density at radius 1 is 0.351 bits per heavy atom. The molecule has 0 aliphatic rings. The molecule has 29 heteroatoms. The van der Waals surface area contributed by atoms with E-state index in [1.807, 2.05) is 0 Å². The van der Waals surface area contributed by atoms with Crippen LogP contribution >= 0.6 is 0 Å². The molecular formula is C68H132N16O13. The summed E-state index contributed by atoms with van der Waals surface area (Å²) in [6.07, 6.45) is 43.6. The highest BCUT2D eigenvalue weighted by atomic mass is 16.7. The van der Waals surface area contributed by atoms with E-state index in [1.165, 1.54) is 167 Å². The summed E-state index contributed by atoms with van der Waals surface area (Å²) in [7, 11) is 0. The Morgan fingerprint density at radius 2 is 0.639 bits per heavy atom. The van der Waals surface area contributed by atoms with Crippen LogP contribution in [-0.2, 0) is 62.3 Å². The minimum atomic E-state index is -1.32. The summed E-state index contributed by atoms with van der Waals surface area (Å²) >= 11 is 0. The first kappa shape index (κ1) is 90.7. The number of aliphatic imine (C=N–C) groups is 1. The van der Waals surface area contributed by atoms with Crippen molar-refractivity contribution in [2.75, 3.05) is 98.7 Å². The number of nitrogens with one attached hydrogen (secondary N) is 10. The first-order valence-electron chi connectivity index (χ1n) is 36.8. The van der Waals surface area contributed by atoms with Gasteiger partial charge in [-0.25, -0.2) is 19.5 Å². The molecule has 7 amide bonds. The number of guanidine groups is 1. The third-order valence-electron chi connectivity index (χ3n) is 15.2. The van der Waals surface area contributed by atoms with E-state index < -0.39 is 59.4 Å². The molecule has 0 rings (SSSR count). The van der Waals surface area contributed by atoms with Gasteiger partial charge in [0, 0.05) is 110 Å². The summed E-state index contributed by atoms with van der Waals surface area (Å²) in [5.74, 6) is -4.36. The van der Waals surface area contributed by atoms with E-state index >= 15 is 0 Å². The molecule has 0 aromatic heterocycles. The number of hydrogen-bond acceptors (Lipinski definition) is 20. The van der Waals surface area contributed by atoms with Crippen LogP contribution in [0.25, 0.3) is 0 Å². The molecule has 0 saturated heterocycles. The highest BCUT2D eigenvalue weighted by Gasteiger charge is 2.27. The Kier molecular flexibility index (Phi) is 67.8. The van der Waals surface area contributed by atoms with Crippen LogP contribution in [0.4, 0.5) is 0 Å². The first-order valence-corrected chi connectivity index (χ1v) is 36.8. The van der Waals surface area contributed by atoms with Crippen molar-refractivity contribution in [2.45, 2.75) is 270 Å². The van der Waals surface area contributed by atoms with Crippen LogP contribution in [0, 0.1) is 0 Å². The fourth-order valence-electron chi connectivity index (χ4n) is 9.66. The largest absolute Gasteiger partial charge is 0.381 e. The monoisotopic (exact) mass is 1380 g/mol. The zero-order valence-corrected chi connectivity index (χ0v) is 59.9. The van der Waals surface area contributed by atoms with Crippen LogP contribution in [0.2, 0.25) is 0 Å². The molecule has 562 valence electrons. The molecule has 29 nitrogen and oxygen atoms in total. The van der Waals surface area contributed by atoms with Gasteiger partial charge < -0.3 is 62.9 Å². The maximum absolute atomic E-state index is 13.7. The Labute approximate surface area is 581 Å². The van der Waals surface area contributed by atoms with Crippen molar-refractivity contribution < 1.29 is 62.3 Å². The number of hydrogen-bond donors (Lipinski definition) is 12. The second-order valence-corrected chi connectivity index (χ2v) is 24.1. The molecule has 0 aromatic rings. The lowest BCUT2D eigenvalue weighted by Crippen LogP contribution is -2.51. The smallest absolute Gasteiger partial charge is 0.248 e. The highest BCUT2D eigenvalue weighted by Crippen LogP contribution is 2.14. The average molecular weight is 1380 g/mol. The van der Waals surface area contributed by atoms with Gasteiger partial charge in [-0.1, -0.05) is 194 Å². The van der Waals surface area contributed by atoms with E-state index in [2.05, 4.69) is 95.1 Å². The zero-order chi connectivity index (χ0) is 70.8. The molecule has 0 aliphatic carbocycles. The normalized spacial score (nSPS) is 11.9. The first-order chi connectivity index (χ1) is 47.4. The van der Waals surface area contributed by atoms with Crippen molar-refractivity contribution in [3.05, 3.63) is 0 Å². The predicted octanol–water partition coefficient (Wildman–Crippen LogP) is 6.87. The lowest BCUT2D eigenvalue weighted by Gasteiger charge is -2.21. The fourth-order valence-corrected chi connectivity index (χ4v) is 9.66. The molecular weight excluding hydrogens is 1250 g/mol. The van der Waals surface area contributed by atoms with Crippen molar-refractivity contribution in [1.29, 1.82) is 0 Å². The summed E-state index contributed by atoms with van der Waals surface area (Å²) in [5.41, 5.74) is 18.4. The predicted molar refractivity (Wildman–Crippen MR) is 383 cm³/mol.